The lowest BCUT2D eigenvalue weighted by molar-refractivity contribution is 0.112. The second-order valence-corrected chi connectivity index (χ2v) is 3.48. The molecule has 0 atom stereocenters. The van der Waals surface area contributed by atoms with Gasteiger partial charge in [-0.2, -0.15) is 0 Å². The van der Waals surface area contributed by atoms with Crippen LogP contribution in [0.3, 0.4) is 0 Å². The zero-order chi connectivity index (χ0) is 10.7. The van der Waals surface area contributed by atoms with Gasteiger partial charge in [0.15, 0.2) is 6.29 Å². The fraction of sp³-hybridized carbons (Fsp3) is 0. The number of halogens is 1. The van der Waals surface area contributed by atoms with Gasteiger partial charge in [0.1, 0.15) is 0 Å². The van der Waals surface area contributed by atoms with E-state index in [1.807, 2.05) is 30.3 Å². The molecule has 1 heterocycles. The number of rotatable bonds is 2. The van der Waals surface area contributed by atoms with E-state index in [1.165, 1.54) is 6.20 Å². The second kappa shape index (κ2) is 4.24. The third-order valence-electron chi connectivity index (χ3n) is 2.08. The smallest absolute Gasteiger partial charge is 0.153 e. The first-order chi connectivity index (χ1) is 7.31. The predicted octanol–water partition coefficient (Wildman–Crippen LogP) is 3.21. The van der Waals surface area contributed by atoms with E-state index in [0.29, 0.717) is 16.9 Å². The molecule has 0 aliphatic carbocycles. The lowest BCUT2D eigenvalue weighted by Gasteiger charge is -2.01. The highest BCUT2D eigenvalue weighted by Gasteiger charge is 2.03. The van der Waals surface area contributed by atoms with E-state index >= 15 is 0 Å². The van der Waals surface area contributed by atoms with Gasteiger partial charge in [0.05, 0.1) is 16.3 Å². The molecule has 0 saturated heterocycles. The zero-order valence-corrected chi connectivity index (χ0v) is 8.61. The average Bonchev–Trinajstić information content (AvgIpc) is 2.30. The van der Waals surface area contributed by atoms with E-state index in [0.717, 1.165) is 11.3 Å². The normalized spacial score (nSPS) is 9.93. The van der Waals surface area contributed by atoms with Crippen molar-refractivity contribution < 1.29 is 4.79 Å². The first-order valence-corrected chi connectivity index (χ1v) is 4.85. The number of nitrogens with zero attached hydrogens (tertiary/aromatic N) is 1. The summed E-state index contributed by atoms with van der Waals surface area (Å²) in [6, 6.07) is 11.4. The van der Waals surface area contributed by atoms with E-state index in [9.17, 15) is 4.79 Å². The molecule has 0 fully saturated rings. The fourth-order valence-electron chi connectivity index (χ4n) is 1.29. The summed E-state index contributed by atoms with van der Waals surface area (Å²) >= 11 is 5.91. The third kappa shape index (κ3) is 2.05. The maximum absolute atomic E-state index is 10.6. The summed E-state index contributed by atoms with van der Waals surface area (Å²) < 4.78 is 0. The summed E-state index contributed by atoms with van der Waals surface area (Å²) in [5.74, 6) is 0. The molecule has 74 valence electrons. The summed E-state index contributed by atoms with van der Waals surface area (Å²) in [7, 11) is 0. The highest BCUT2D eigenvalue weighted by atomic mass is 35.5. The Morgan fingerprint density at radius 2 is 1.93 bits per heavy atom. The molecule has 0 spiro atoms. The van der Waals surface area contributed by atoms with Crippen molar-refractivity contribution in [1.29, 1.82) is 0 Å². The van der Waals surface area contributed by atoms with Crippen molar-refractivity contribution in [1.82, 2.24) is 4.98 Å². The average molecular weight is 218 g/mol. The standard InChI is InChI=1S/C12H8ClNO/c13-11-6-12(14-7-10(11)8-15)9-4-2-1-3-5-9/h1-8H. The highest BCUT2D eigenvalue weighted by Crippen LogP contribution is 2.21. The Balaban J connectivity index is 2.47. The van der Waals surface area contributed by atoms with Gasteiger partial charge in [-0.3, -0.25) is 9.78 Å². The van der Waals surface area contributed by atoms with Crippen LogP contribution in [0, 0.1) is 0 Å². The molecule has 15 heavy (non-hydrogen) atoms. The summed E-state index contributed by atoms with van der Waals surface area (Å²) in [5, 5.41) is 0.429. The molecule has 0 N–H and O–H groups in total. The Kier molecular flexibility index (Phi) is 2.79. The highest BCUT2D eigenvalue weighted by molar-refractivity contribution is 6.33. The maximum atomic E-state index is 10.6. The van der Waals surface area contributed by atoms with Gasteiger partial charge >= 0.3 is 0 Å². The monoisotopic (exact) mass is 217 g/mol. The number of benzene rings is 1. The number of pyridine rings is 1. The Hall–Kier alpha value is -1.67. The Labute approximate surface area is 92.5 Å². The molecule has 1 aromatic carbocycles. The van der Waals surface area contributed by atoms with Crippen molar-refractivity contribution in [3.8, 4) is 11.3 Å². The number of carbonyl (C=O) groups is 1. The molecule has 0 saturated carbocycles. The molecule has 0 aliphatic heterocycles. The Bertz CT molecular complexity index is 482. The van der Waals surface area contributed by atoms with Crippen molar-refractivity contribution in [2.75, 3.05) is 0 Å². The van der Waals surface area contributed by atoms with Crippen LogP contribution in [0.25, 0.3) is 11.3 Å². The van der Waals surface area contributed by atoms with Crippen molar-refractivity contribution in [3.05, 3.63) is 53.2 Å². The first kappa shape index (κ1) is 9.87. The Morgan fingerprint density at radius 3 is 2.53 bits per heavy atom. The zero-order valence-electron chi connectivity index (χ0n) is 7.85. The van der Waals surface area contributed by atoms with Gasteiger partial charge in [0.2, 0.25) is 0 Å². The number of carbonyl (C=O) groups excluding carboxylic acids is 1. The van der Waals surface area contributed by atoms with Crippen LogP contribution in [0.15, 0.2) is 42.6 Å². The quantitative estimate of drug-likeness (QED) is 0.723. The van der Waals surface area contributed by atoms with Crippen molar-refractivity contribution in [2.45, 2.75) is 0 Å². The van der Waals surface area contributed by atoms with Crippen molar-refractivity contribution >= 4 is 17.9 Å². The lowest BCUT2D eigenvalue weighted by atomic mass is 10.1. The minimum absolute atomic E-state index is 0.413. The van der Waals surface area contributed by atoms with E-state index in [1.54, 1.807) is 6.07 Å². The van der Waals surface area contributed by atoms with Crippen molar-refractivity contribution in [3.63, 3.8) is 0 Å². The van der Waals surface area contributed by atoms with Crippen LogP contribution in [-0.2, 0) is 0 Å². The molecule has 0 radical (unpaired) electrons. The molecule has 0 aliphatic rings. The molecule has 0 unspecified atom stereocenters. The second-order valence-electron chi connectivity index (χ2n) is 3.07. The van der Waals surface area contributed by atoms with Gasteiger partial charge in [0.25, 0.3) is 0 Å². The molecule has 1 aromatic heterocycles. The van der Waals surface area contributed by atoms with Gasteiger partial charge in [-0.1, -0.05) is 41.9 Å². The lowest BCUT2D eigenvalue weighted by Crippen LogP contribution is -1.88. The van der Waals surface area contributed by atoms with Crippen molar-refractivity contribution in [2.24, 2.45) is 0 Å². The summed E-state index contributed by atoms with van der Waals surface area (Å²) in [4.78, 5) is 14.7. The minimum atomic E-state index is 0.413. The first-order valence-electron chi connectivity index (χ1n) is 4.47. The largest absolute Gasteiger partial charge is 0.298 e. The predicted molar refractivity (Wildman–Crippen MR) is 60.1 cm³/mol. The van der Waals surface area contributed by atoms with Gasteiger partial charge < -0.3 is 0 Å². The summed E-state index contributed by atoms with van der Waals surface area (Å²) in [5.41, 5.74) is 2.17. The van der Waals surface area contributed by atoms with Crippen LogP contribution < -0.4 is 0 Å². The molecule has 2 aromatic rings. The van der Waals surface area contributed by atoms with Crippen LogP contribution in [0.2, 0.25) is 5.02 Å². The fourth-order valence-corrected chi connectivity index (χ4v) is 1.49. The third-order valence-corrected chi connectivity index (χ3v) is 2.41. The number of aldehydes is 1. The van der Waals surface area contributed by atoms with E-state index in [2.05, 4.69) is 4.98 Å². The molecular weight excluding hydrogens is 210 g/mol. The van der Waals surface area contributed by atoms with Crippen LogP contribution in [-0.4, -0.2) is 11.3 Å². The van der Waals surface area contributed by atoms with Crippen LogP contribution in [0.5, 0.6) is 0 Å². The molecule has 0 bridgehead atoms. The topological polar surface area (TPSA) is 30.0 Å². The molecular formula is C12H8ClNO. The summed E-state index contributed by atoms with van der Waals surface area (Å²) in [6.45, 7) is 0. The van der Waals surface area contributed by atoms with E-state index in [-0.39, 0.29) is 0 Å². The van der Waals surface area contributed by atoms with Crippen LogP contribution >= 0.6 is 11.6 Å². The van der Waals surface area contributed by atoms with E-state index in [4.69, 9.17) is 11.6 Å². The van der Waals surface area contributed by atoms with Gasteiger partial charge in [0, 0.05) is 11.8 Å². The van der Waals surface area contributed by atoms with Crippen LogP contribution in [0.1, 0.15) is 10.4 Å². The SMILES string of the molecule is O=Cc1cnc(-c2ccccc2)cc1Cl. The molecule has 3 heteroatoms. The Morgan fingerprint density at radius 1 is 1.20 bits per heavy atom. The van der Waals surface area contributed by atoms with Gasteiger partial charge in [-0.05, 0) is 6.07 Å². The minimum Gasteiger partial charge on any atom is -0.298 e. The maximum Gasteiger partial charge on any atom is 0.153 e. The molecule has 0 amide bonds. The summed E-state index contributed by atoms with van der Waals surface area (Å²) in [6.07, 6.45) is 2.18. The molecule has 2 nitrogen and oxygen atoms in total. The number of hydrogen-bond acceptors (Lipinski definition) is 2. The van der Waals surface area contributed by atoms with E-state index < -0.39 is 0 Å². The van der Waals surface area contributed by atoms with Gasteiger partial charge in [-0.15, -0.1) is 0 Å². The van der Waals surface area contributed by atoms with Crippen LogP contribution in [0.4, 0.5) is 0 Å². The number of aromatic nitrogens is 1. The number of hydrogen-bond donors (Lipinski definition) is 0. The van der Waals surface area contributed by atoms with Gasteiger partial charge in [-0.25, -0.2) is 0 Å². The molecule has 2 rings (SSSR count).